The molecule has 0 saturated carbocycles. The maximum atomic E-state index is 13.8. The van der Waals surface area contributed by atoms with Crippen molar-refractivity contribution in [3.8, 4) is 0 Å². The molecule has 0 spiro atoms. The lowest BCUT2D eigenvalue weighted by Crippen LogP contribution is -2.56. The van der Waals surface area contributed by atoms with Gasteiger partial charge in [-0.1, -0.05) is 96.3 Å². The Morgan fingerprint density at radius 3 is 1.52 bits per heavy atom. The number of hydrogen-bond acceptors (Lipinski definition) is 3. The highest BCUT2D eigenvalue weighted by molar-refractivity contribution is 9.10. The van der Waals surface area contributed by atoms with Gasteiger partial charge in [0.25, 0.3) is 17.7 Å². The second kappa shape index (κ2) is 7.10. The molecule has 3 amide bonds. The molecule has 1 saturated heterocycles. The topological polar surface area (TPSA) is 66.5 Å². The summed E-state index contributed by atoms with van der Waals surface area (Å²) in [5, 5.41) is 0.906. The first kappa shape index (κ1) is 21.3. The molecule has 1 heterocycles. The molecular formula is C25H15Br3N2O3. The van der Waals surface area contributed by atoms with Gasteiger partial charge in [0.15, 0.2) is 0 Å². The van der Waals surface area contributed by atoms with Gasteiger partial charge in [0, 0.05) is 10.0 Å². The lowest BCUT2D eigenvalue weighted by atomic mass is 9.54. The van der Waals surface area contributed by atoms with Crippen LogP contribution in [0.15, 0.2) is 77.3 Å². The third-order valence-electron chi connectivity index (χ3n) is 6.91. The number of rotatable bonds is 2. The van der Waals surface area contributed by atoms with E-state index in [0.717, 1.165) is 31.7 Å². The molecule has 4 aliphatic rings. The first-order chi connectivity index (χ1) is 15.8. The van der Waals surface area contributed by atoms with E-state index in [1.54, 1.807) is 24.3 Å². The molecule has 1 aliphatic heterocycles. The molecule has 0 aromatic heterocycles. The van der Waals surface area contributed by atoms with Crippen LogP contribution >= 0.6 is 47.8 Å². The second-order valence-corrected chi connectivity index (χ2v) is 11.8. The fourth-order valence-corrected chi connectivity index (χ4v) is 8.11. The Morgan fingerprint density at radius 1 is 0.727 bits per heavy atom. The summed E-state index contributed by atoms with van der Waals surface area (Å²) in [5.41, 5.74) is 6.71. The molecule has 164 valence electrons. The molecule has 3 aliphatic carbocycles. The Bertz CT molecular complexity index is 1250. The van der Waals surface area contributed by atoms with E-state index in [2.05, 4.69) is 53.2 Å². The lowest BCUT2D eigenvalue weighted by molar-refractivity contribution is -0.142. The molecule has 3 aromatic rings. The molecule has 2 bridgehead atoms. The zero-order valence-electron chi connectivity index (χ0n) is 16.9. The highest BCUT2D eigenvalue weighted by atomic mass is 79.9. The van der Waals surface area contributed by atoms with E-state index in [0.29, 0.717) is 5.56 Å². The van der Waals surface area contributed by atoms with Gasteiger partial charge in [-0.05, 0) is 46.5 Å². The summed E-state index contributed by atoms with van der Waals surface area (Å²) in [6.07, 6.45) is 0. The van der Waals surface area contributed by atoms with Gasteiger partial charge in [0.05, 0.1) is 20.5 Å². The van der Waals surface area contributed by atoms with Gasteiger partial charge in [-0.2, -0.15) is 5.01 Å². The Morgan fingerprint density at radius 2 is 1.12 bits per heavy atom. The van der Waals surface area contributed by atoms with E-state index < -0.39 is 38.2 Å². The van der Waals surface area contributed by atoms with Crippen LogP contribution in [-0.2, 0) is 18.2 Å². The van der Waals surface area contributed by atoms with Crippen LogP contribution in [0.3, 0.4) is 0 Å². The monoisotopic (exact) mass is 628 g/mol. The fraction of sp³-hybridized carbons (Fsp3) is 0.160. The van der Waals surface area contributed by atoms with Crippen molar-refractivity contribution in [3.05, 3.63) is 105 Å². The van der Waals surface area contributed by atoms with Gasteiger partial charge in [-0.3, -0.25) is 19.8 Å². The van der Waals surface area contributed by atoms with Crippen molar-refractivity contribution in [2.45, 2.75) is 8.65 Å². The molecule has 7 rings (SSSR count). The van der Waals surface area contributed by atoms with Gasteiger partial charge < -0.3 is 0 Å². The van der Waals surface area contributed by atoms with Gasteiger partial charge >= 0.3 is 0 Å². The number of hydrazine groups is 1. The van der Waals surface area contributed by atoms with Crippen LogP contribution < -0.4 is 5.43 Å². The normalized spacial score (nSPS) is 28.9. The smallest absolute Gasteiger partial charge is 0.270 e. The summed E-state index contributed by atoms with van der Waals surface area (Å²) in [5.74, 6) is -2.82. The quantitative estimate of drug-likeness (QED) is 0.320. The summed E-state index contributed by atoms with van der Waals surface area (Å²) in [6.45, 7) is 0. The van der Waals surface area contributed by atoms with E-state index in [1.807, 2.05) is 48.5 Å². The zero-order chi connectivity index (χ0) is 23.1. The third kappa shape index (κ3) is 2.60. The van der Waals surface area contributed by atoms with Crippen LogP contribution in [0.25, 0.3) is 0 Å². The summed E-state index contributed by atoms with van der Waals surface area (Å²) in [6, 6.07) is 22.4. The number of alkyl halides is 2. The van der Waals surface area contributed by atoms with E-state index in [1.165, 1.54) is 0 Å². The van der Waals surface area contributed by atoms with Crippen LogP contribution in [-0.4, -0.2) is 22.7 Å². The summed E-state index contributed by atoms with van der Waals surface area (Å²) in [4.78, 5) is 40.4. The number of carbonyl (C=O) groups is 3. The van der Waals surface area contributed by atoms with Crippen molar-refractivity contribution in [3.63, 3.8) is 0 Å². The number of carbonyl (C=O) groups excluding carboxylic acids is 3. The maximum absolute atomic E-state index is 13.8. The van der Waals surface area contributed by atoms with Gasteiger partial charge in [0.1, 0.15) is 0 Å². The van der Waals surface area contributed by atoms with Crippen LogP contribution in [0, 0.1) is 11.8 Å². The zero-order valence-corrected chi connectivity index (χ0v) is 21.6. The van der Waals surface area contributed by atoms with Crippen molar-refractivity contribution in [1.82, 2.24) is 10.4 Å². The molecule has 1 fully saturated rings. The summed E-state index contributed by atoms with van der Waals surface area (Å²) in [7, 11) is 0. The summed E-state index contributed by atoms with van der Waals surface area (Å²) >= 11 is 11.2. The second-order valence-electron chi connectivity index (χ2n) is 8.43. The Labute approximate surface area is 214 Å². The van der Waals surface area contributed by atoms with Crippen molar-refractivity contribution in [2.75, 3.05) is 0 Å². The Kier molecular flexibility index (Phi) is 4.58. The lowest BCUT2D eigenvalue weighted by Gasteiger charge is -2.55. The van der Waals surface area contributed by atoms with Gasteiger partial charge in [-0.25, -0.2) is 0 Å². The SMILES string of the molecule is O=C(NN1C(=O)C2C(C1=O)C1(Br)c3ccccc3C2(Br)c2ccccc21)c1ccc(Br)cc1. The molecule has 0 radical (unpaired) electrons. The first-order valence-corrected chi connectivity index (χ1v) is 12.7. The van der Waals surface area contributed by atoms with Crippen molar-refractivity contribution >= 4 is 65.5 Å². The number of nitrogens with zero attached hydrogens (tertiary/aromatic N) is 1. The minimum Gasteiger partial charge on any atom is -0.272 e. The van der Waals surface area contributed by atoms with Crippen LogP contribution in [0.4, 0.5) is 0 Å². The Balaban J connectivity index is 1.49. The molecule has 8 heteroatoms. The van der Waals surface area contributed by atoms with E-state index in [9.17, 15) is 14.4 Å². The molecule has 5 nitrogen and oxygen atoms in total. The molecule has 33 heavy (non-hydrogen) atoms. The predicted octanol–water partition coefficient (Wildman–Crippen LogP) is 5.00. The van der Waals surface area contributed by atoms with E-state index in [4.69, 9.17) is 0 Å². The number of hydrogen-bond donors (Lipinski definition) is 1. The third-order valence-corrected chi connectivity index (χ3v) is 10.1. The van der Waals surface area contributed by atoms with Gasteiger partial charge in [0.2, 0.25) is 0 Å². The minimum atomic E-state index is -0.885. The first-order valence-electron chi connectivity index (χ1n) is 10.3. The highest BCUT2D eigenvalue weighted by Crippen LogP contribution is 2.70. The summed E-state index contributed by atoms with van der Waals surface area (Å²) < 4.78 is -0.943. The Hall–Kier alpha value is -2.29. The standard InChI is InChI=1S/C25H15Br3N2O3/c26-14-11-9-13(10-12-14)21(31)29-30-22(32)19-20(23(30)33)25(28)16-6-2-1-5-15(16)24(19,27)17-7-3-4-8-18(17)25/h1-12,19-20H,(H,29,31). The molecule has 2 unspecified atom stereocenters. The highest BCUT2D eigenvalue weighted by Gasteiger charge is 2.72. The van der Waals surface area contributed by atoms with Crippen molar-refractivity contribution < 1.29 is 14.4 Å². The number of amides is 3. The van der Waals surface area contributed by atoms with Crippen molar-refractivity contribution in [1.29, 1.82) is 0 Å². The van der Waals surface area contributed by atoms with E-state index in [-0.39, 0.29) is 0 Å². The molecular weight excluding hydrogens is 616 g/mol. The van der Waals surface area contributed by atoms with Crippen LogP contribution in [0.5, 0.6) is 0 Å². The van der Waals surface area contributed by atoms with Crippen molar-refractivity contribution in [2.24, 2.45) is 11.8 Å². The minimum absolute atomic E-state index is 0.352. The van der Waals surface area contributed by atoms with E-state index >= 15 is 0 Å². The van der Waals surface area contributed by atoms with Gasteiger partial charge in [-0.15, -0.1) is 0 Å². The number of nitrogens with one attached hydrogen (secondary N) is 1. The molecule has 1 N–H and O–H groups in total. The molecule has 3 aromatic carbocycles. The van der Waals surface area contributed by atoms with Crippen LogP contribution in [0.1, 0.15) is 32.6 Å². The molecule has 2 atom stereocenters. The van der Waals surface area contributed by atoms with Crippen LogP contribution in [0.2, 0.25) is 0 Å². The average Bonchev–Trinajstić information content (AvgIpc) is 3.09. The number of halogens is 3. The maximum Gasteiger partial charge on any atom is 0.270 e. The average molecular weight is 631 g/mol. The fourth-order valence-electron chi connectivity index (χ4n) is 5.54. The number of imide groups is 1. The predicted molar refractivity (Wildman–Crippen MR) is 133 cm³/mol. The largest absolute Gasteiger partial charge is 0.272 e. The number of benzene rings is 3.